The van der Waals surface area contributed by atoms with E-state index in [1.165, 1.54) is 24.8 Å². The van der Waals surface area contributed by atoms with Crippen molar-refractivity contribution in [1.29, 1.82) is 0 Å². The molecule has 1 unspecified atom stereocenters. The Morgan fingerprint density at radius 1 is 1.32 bits per heavy atom. The summed E-state index contributed by atoms with van der Waals surface area (Å²) in [5.74, 6) is -1.15. The first-order chi connectivity index (χ1) is 14.7. The lowest BCUT2D eigenvalue weighted by Crippen LogP contribution is -2.38. The minimum absolute atomic E-state index is 0.0395. The van der Waals surface area contributed by atoms with E-state index in [1.54, 1.807) is 23.1 Å². The van der Waals surface area contributed by atoms with Gasteiger partial charge in [0.25, 0.3) is 5.91 Å². The van der Waals surface area contributed by atoms with Crippen molar-refractivity contribution >= 4 is 52.2 Å². The van der Waals surface area contributed by atoms with E-state index in [1.807, 2.05) is 6.92 Å². The number of thiocarbonyl (C=S) groups is 1. The molecule has 168 valence electrons. The monoisotopic (exact) mass is 466 g/mol. The molecule has 0 bridgehead atoms. The van der Waals surface area contributed by atoms with Crippen molar-refractivity contribution in [2.24, 2.45) is 0 Å². The van der Waals surface area contributed by atoms with Gasteiger partial charge >= 0.3 is 5.97 Å². The summed E-state index contributed by atoms with van der Waals surface area (Å²) in [7, 11) is 0. The second-order valence-corrected chi connectivity index (χ2v) is 8.61. The maximum absolute atomic E-state index is 12.7. The molecule has 0 aromatic heterocycles. The van der Waals surface area contributed by atoms with Gasteiger partial charge in [-0.15, -0.1) is 0 Å². The lowest BCUT2D eigenvalue weighted by Gasteiger charge is -2.14. The normalized spacial score (nSPS) is 15.9. The number of phenols is 1. The fraction of sp³-hybridized carbons (Fsp3) is 0.429. The molecule has 1 aliphatic heterocycles. The second kappa shape index (κ2) is 11.7. The van der Waals surface area contributed by atoms with Gasteiger partial charge in [0.2, 0.25) is 5.91 Å². The van der Waals surface area contributed by atoms with E-state index in [0.29, 0.717) is 47.4 Å². The van der Waals surface area contributed by atoms with E-state index < -0.39 is 12.0 Å². The Morgan fingerprint density at radius 3 is 2.74 bits per heavy atom. The Morgan fingerprint density at radius 2 is 2.06 bits per heavy atom. The fourth-order valence-corrected chi connectivity index (χ4v) is 4.15. The number of hydrogen-bond acceptors (Lipinski definition) is 7. The molecule has 1 heterocycles. The van der Waals surface area contributed by atoms with Crippen molar-refractivity contribution in [1.82, 2.24) is 10.2 Å². The van der Waals surface area contributed by atoms with Gasteiger partial charge in [-0.25, -0.2) is 0 Å². The number of ether oxygens (including phenoxy) is 1. The van der Waals surface area contributed by atoms with Crippen molar-refractivity contribution in [3.8, 4) is 11.5 Å². The molecule has 31 heavy (non-hydrogen) atoms. The van der Waals surface area contributed by atoms with E-state index in [9.17, 15) is 19.5 Å². The number of aromatic hydroxyl groups is 1. The highest BCUT2D eigenvalue weighted by Crippen LogP contribution is 2.34. The maximum Gasteiger partial charge on any atom is 0.325 e. The number of hydrogen-bond donors (Lipinski definition) is 3. The van der Waals surface area contributed by atoms with E-state index in [2.05, 4.69) is 5.32 Å². The molecule has 3 N–H and O–H groups in total. The van der Waals surface area contributed by atoms with Gasteiger partial charge in [0.1, 0.15) is 10.4 Å². The molecule has 1 aromatic rings. The van der Waals surface area contributed by atoms with E-state index in [-0.39, 0.29) is 24.0 Å². The van der Waals surface area contributed by atoms with Crippen LogP contribution in [-0.4, -0.2) is 56.4 Å². The molecular weight excluding hydrogens is 440 g/mol. The lowest BCUT2D eigenvalue weighted by atomic mass is 10.1. The van der Waals surface area contributed by atoms with Crippen LogP contribution in [-0.2, 0) is 14.4 Å². The molecule has 0 saturated carbocycles. The highest BCUT2D eigenvalue weighted by Gasteiger charge is 2.31. The Bertz CT molecular complexity index is 887. The highest BCUT2D eigenvalue weighted by atomic mass is 32.2. The Balaban J connectivity index is 1.84. The summed E-state index contributed by atoms with van der Waals surface area (Å²) in [6, 6.07) is 3.97. The molecule has 8 nitrogen and oxygen atoms in total. The summed E-state index contributed by atoms with van der Waals surface area (Å²) < 4.78 is 5.85. The molecule has 0 spiro atoms. The number of carbonyl (C=O) groups is 3. The number of benzene rings is 1. The number of aliphatic carboxylic acids is 1. The quantitative estimate of drug-likeness (QED) is 0.259. The van der Waals surface area contributed by atoms with Crippen LogP contribution in [0.25, 0.3) is 6.08 Å². The summed E-state index contributed by atoms with van der Waals surface area (Å²) in [5.41, 5.74) is 0.725. The molecule has 1 aromatic carbocycles. The van der Waals surface area contributed by atoms with Crippen LogP contribution in [0, 0.1) is 0 Å². The standard InChI is InChI=1S/C21H26N2O6S2/c1-3-29-16-11-14(8-9-15(16)24)12-17-19(26)23(21(30)31-17)10-6-4-5-7-18(25)22-13(2)20(27)28/h8-9,11-13,24H,3-7,10H2,1-2H3,(H,22,25)(H,27,28)/b17-12-. The number of nitrogens with zero attached hydrogens (tertiary/aromatic N) is 1. The van der Waals surface area contributed by atoms with Gasteiger partial charge in [-0.3, -0.25) is 19.3 Å². The number of phenolic OH excluding ortho intramolecular Hbond substituents is 1. The maximum atomic E-state index is 12.7. The van der Waals surface area contributed by atoms with Crippen LogP contribution in [0.15, 0.2) is 23.1 Å². The first-order valence-electron chi connectivity index (χ1n) is 9.96. The molecule has 2 amide bonds. The van der Waals surface area contributed by atoms with Crippen LogP contribution >= 0.6 is 24.0 Å². The lowest BCUT2D eigenvalue weighted by molar-refractivity contribution is -0.141. The van der Waals surface area contributed by atoms with E-state index in [0.717, 1.165) is 5.56 Å². The molecule has 1 saturated heterocycles. The van der Waals surface area contributed by atoms with Crippen molar-refractivity contribution in [2.75, 3.05) is 13.2 Å². The summed E-state index contributed by atoms with van der Waals surface area (Å²) in [6.45, 7) is 4.10. The van der Waals surface area contributed by atoms with Crippen molar-refractivity contribution < 1.29 is 29.3 Å². The minimum atomic E-state index is -1.07. The summed E-state index contributed by atoms with van der Waals surface area (Å²) >= 11 is 6.56. The van der Waals surface area contributed by atoms with Gasteiger partial charge in [0.15, 0.2) is 11.5 Å². The number of carboxylic acid groups (broad SMARTS) is 1. The number of carboxylic acids is 1. The van der Waals surface area contributed by atoms with Crippen LogP contribution in [0.3, 0.4) is 0 Å². The molecule has 1 aliphatic rings. The SMILES string of the molecule is CCOc1cc(/C=C2\SC(=S)N(CCCCCC(=O)NC(C)C(=O)O)C2=O)ccc1O. The Kier molecular flexibility index (Phi) is 9.32. The predicted molar refractivity (Wildman–Crippen MR) is 123 cm³/mol. The van der Waals surface area contributed by atoms with Crippen LogP contribution in [0.1, 0.15) is 45.1 Å². The van der Waals surface area contributed by atoms with Gasteiger partial charge in [-0.05, 0) is 50.5 Å². The van der Waals surface area contributed by atoms with Crippen LogP contribution in [0.5, 0.6) is 11.5 Å². The average molecular weight is 467 g/mol. The summed E-state index contributed by atoms with van der Waals surface area (Å²) in [4.78, 5) is 37.2. The number of carbonyl (C=O) groups excluding carboxylic acids is 2. The Labute approximate surface area is 190 Å². The first-order valence-corrected chi connectivity index (χ1v) is 11.2. The summed E-state index contributed by atoms with van der Waals surface area (Å²) in [5, 5.41) is 21.0. The number of unbranched alkanes of at least 4 members (excludes halogenated alkanes) is 2. The zero-order chi connectivity index (χ0) is 23.0. The molecule has 1 fully saturated rings. The van der Waals surface area contributed by atoms with Crippen LogP contribution in [0.4, 0.5) is 0 Å². The number of amides is 2. The van der Waals surface area contributed by atoms with E-state index in [4.69, 9.17) is 22.1 Å². The van der Waals surface area contributed by atoms with Crippen molar-refractivity contribution in [3.63, 3.8) is 0 Å². The molecule has 0 radical (unpaired) electrons. The third-order valence-electron chi connectivity index (χ3n) is 4.49. The van der Waals surface area contributed by atoms with Gasteiger partial charge in [-0.2, -0.15) is 0 Å². The largest absolute Gasteiger partial charge is 0.504 e. The Hall–Kier alpha value is -2.59. The summed E-state index contributed by atoms with van der Waals surface area (Å²) in [6.07, 6.45) is 3.93. The first kappa shape index (κ1) is 24.7. The molecule has 0 aliphatic carbocycles. The number of thioether (sulfide) groups is 1. The van der Waals surface area contributed by atoms with Crippen LogP contribution < -0.4 is 10.1 Å². The van der Waals surface area contributed by atoms with Crippen LogP contribution in [0.2, 0.25) is 0 Å². The molecule has 10 heteroatoms. The van der Waals surface area contributed by atoms with Gasteiger partial charge in [-0.1, -0.05) is 36.5 Å². The van der Waals surface area contributed by atoms with Gasteiger partial charge in [0.05, 0.1) is 11.5 Å². The predicted octanol–water partition coefficient (Wildman–Crippen LogP) is 3.14. The molecule has 2 rings (SSSR count). The number of rotatable bonds is 11. The molecular formula is C21H26N2O6S2. The third kappa shape index (κ3) is 7.25. The fourth-order valence-electron chi connectivity index (χ4n) is 2.84. The van der Waals surface area contributed by atoms with E-state index >= 15 is 0 Å². The highest BCUT2D eigenvalue weighted by molar-refractivity contribution is 8.26. The minimum Gasteiger partial charge on any atom is -0.504 e. The third-order valence-corrected chi connectivity index (χ3v) is 5.87. The van der Waals surface area contributed by atoms with Gasteiger partial charge < -0.3 is 20.3 Å². The van der Waals surface area contributed by atoms with Gasteiger partial charge in [0, 0.05) is 13.0 Å². The van der Waals surface area contributed by atoms with Crippen molar-refractivity contribution in [3.05, 3.63) is 28.7 Å². The smallest absolute Gasteiger partial charge is 0.325 e. The zero-order valence-corrected chi connectivity index (χ0v) is 19.1. The van der Waals surface area contributed by atoms with Crippen molar-refractivity contribution in [2.45, 2.75) is 45.6 Å². The number of nitrogens with one attached hydrogen (secondary N) is 1. The molecule has 1 atom stereocenters. The average Bonchev–Trinajstić information content (AvgIpc) is 2.97. The second-order valence-electron chi connectivity index (χ2n) is 6.93. The zero-order valence-electron chi connectivity index (χ0n) is 17.4. The topological polar surface area (TPSA) is 116 Å².